The number of methoxy groups -OCH3 is 1. The normalized spacial score (nSPS) is 20.3. The van der Waals surface area contributed by atoms with Crippen LogP contribution in [0.4, 0.5) is 10.6 Å². The minimum atomic E-state index is -0.591. The van der Waals surface area contributed by atoms with Crippen molar-refractivity contribution in [2.75, 3.05) is 57.9 Å². The Kier molecular flexibility index (Phi) is 9.65. The summed E-state index contributed by atoms with van der Waals surface area (Å²) in [6, 6.07) is 14.5. The van der Waals surface area contributed by atoms with Crippen LogP contribution < -0.4 is 9.64 Å². The smallest absolute Gasteiger partial charge is 0.416 e. The number of hydrogen-bond acceptors (Lipinski definition) is 9. The first-order valence-electron chi connectivity index (χ1n) is 16.9. The number of allylic oxidation sites excluding steroid dienone is 1. The second-order valence-corrected chi connectivity index (χ2v) is 14.6. The highest BCUT2D eigenvalue weighted by Gasteiger charge is 2.44. The number of amides is 1. The summed E-state index contributed by atoms with van der Waals surface area (Å²) in [5.74, 6) is 3.56. The minimum absolute atomic E-state index is 0.0702. The van der Waals surface area contributed by atoms with Crippen molar-refractivity contribution in [3.63, 3.8) is 0 Å². The number of pyridine rings is 1. The molecule has 11 nitrogen and oxygen atoms in total. The van der Waals surface area contributed by atoms with E-state index >= 15 is 0 Å². The zero-order chi connectivity index (χ0) is 34.1. The van der Waals surface area contributed by atoms with Crippen LogP contribution in [-0.2, 0) is 20.8 Å². The van der Waals surface area contributed by atoms with E-state index < -0.39 is 11.7 Å². The molecule has 2 atom stereocenters. The van der Waals surface area contributed by atoms with Gasteiger partial charge in [0.05, 0.1) is 30.7 Å². The topological polar surface area (TPSA) is 102 Å². The third-order valence-corrected chi connectivity index (χ3v) is 9.63. The van der Waals surface area contributed by atoms with Gasteiger partial charge in [0.15, 0.2) is 23.3 Å². The lowest BCUT2D eigenvalue weighted by molar-refractivity contribution is 0.0566. The maximum atomic E-state index is 13.0. The average molecular weight is 657 g/mol. The molecule has 3 aliphatic rings. The van der Waals surface area contributed by atoms with E-state index in [0.29, 0.717) is 43.4 Å². The molecule has 5 heterocycles. The van der Waals surface area contributed by atoms with E-state index in [1.54, 1.807) is 12.0 Å². The average Bonchev–Trinajstić information content (AvgIpc) is 3.75. The Morgan fingerprint density at radius 3 is 2.54 bits per heavy atom. The summed E-state index contributed by atoms with van der Waals surface area (Å²) < 4.78 is 18.8. The van der Waals surface area contributed by atoms with Crippen LogP contribution in [-0.4, -0.2) is 95.2 Å². The number of carbonyl (C=O) groups is 1. The van der Waals surface area contributed by atoms with Crippen LogP contribution in [0.15, 0.2) is 48.2 Å². The third kappa shape index (κ3) is 7.59. The van der Waals surface area contributed by atoms with Crippen molar-refractivity contribution in [2.24, 2.45) is 5.41 Å². The molecular formula is C37H48N6O5. The van der Waals surface area contributed by atoms with E-state index in [1.807, 2.05) is 50.5 Å². The monoisotopic (exact) mass is 656 g/mol. The van der Waals surface area contributed by atoms with Crippen molar-refractivity contribution in [3.8, 4) is 11.4 Å². The number of nitrogens with zero attached hydrogens (tertiary/aromatic N) is 6. The molecule has 6 rings (SSSR count). The van der Waals surface area contributed by atoms with Gasteiger partial charge in [-0.2, -0.15) is 5.10 Å². The number of hydrogen-bond donors (Lipinski definition) is 0. The van der Waals surface area contributed by atoms with Crippen molar-refractivity contribution >= 4 is 17.9 Å². The zero-order valence-electron chi connectivity index (χ0n) is 29.1. The van der Waals surface area contributed by atoms with Crippen LogP contribution in [0.2, 0.25) is 0 Å². The van der Waals surface area contributed by atoms with E-state index in [9.17, 15) is 9.59 Å². The number of aromatic nitrogens is 3. The Balaban J connectivity index is 1.12. The van der Waals surface area contributed by atoms with Gasteiger partial charge in [0, 0.05) is 44.2 Å². The van der Waals surface area contributed by atoms with E-state index in [0.717, 1.165) is 73.9 Å². The number of benzene rings is 1. The first-order valence-corrected chi connectivity index (χ1v) is 16.9. The fourth-order valence-corrected chi connectivity index (χ4v) is 7.42. The van der Waals surface area contributed by atoms with Gasteiger partial charge in [0.25, 0.3) is 0 Å². The van der Waals surface area contributed by atoms with E-state index in [-0.39, 0.29) is 11.3 Å². The molecule has 2 saturated heterocycles. The fraction of sp³-hybridized carbons (Fsp3) is 0.541. The van der Waals surface area contributed by atoms with Crippen molar-refractivity contribution in [1.82, 2.24) is 24.6 Å². The summed E-state index contributed by atoms with van der Waals surface area (Å²) in [6.45, 7) is 16.0. The number of anilines is 1. The minimum Gasteiger partial charge on any atom is -0.490 e. The maximum absolute atomic E-state index is 13.0. The SMILES string of the molecule is COC(=C=O)C[C@H](CN1CCC2(CCN(Cc3ccc4c(n3)N(C(=O)OC(C)(C)C)CCO4)C2)C1)c1cccc(-n2nc(C)cc2C)c1. The lowest BCUT2D eigenvalue weighted by atomic mass is 9.86. The summed E-state index contributed by atoms with van der Waals surface area (Å²) >= 11 is 0. The Bertz CT molecular complexity index is 1690. The van der Waals surface area contributed by atoms with Crippen molar-refractivity contribution in [3.05, 3.63) is 70.9 Å². The van der Waals surface area contributed by atoms with Crippen molar-refractivity contribution in [1.29, 1.82) is 0 Å². The highest BCUT2D eigenvalue weighted by Crippen LogP contribution is 2.41. The molecule has 11 heteroatoms. The standard InChI is InChI=1S/C37H48N6O5/c1-26-18-27(2)43(39-26)31-9-7-8-28(19-31)29(20-32(23-44)46-6)21-40-14-12-37(24-40)13-15-41(25-37)22-30-10-11-33-34(38-30)42(16-17-47-33)35(45)48-36(3,4)5/h7-11,18-19,29H,12-17,20-22,24-25H2,1-6H3/t29-,37?/m1/s1. The number of carbonyl (C=O) groups excluding carboxylic acids is 2. The van der Waals surface area contributed by atoms with E-state index in [4.69, 9.17) is 19.2 Å². The summed E-state index contributed by atoms with van der Waals surface area (Å²) in [7, 11) is 1.54. The lowest BCUT2D eigenvalue weighted by Crippen LogP contribution is -2.42. The molecule has 1 unspecified atom stereocenters. The quantitative estimate of drug-likeness (QED) is 0.220. The summed E-state index contributed by atoms with van der Waals surface area (Å²) in [5, 5.41) is 4.68. The molecule has 1 spiro atoms. The molecule has 256 valence electrons. The Labute approximate surface area is 283 Å². The number of fused-ring (bicyclic) bond motifs is 1. The second kappa shape index (κ2) is 13.7. The highest BCUT2D eigenvalue weighted by molar-refractivity contribution is 5.89. The van der Waals surface area contributed by atoms with Gasteiger partial charge in [-0.15, -0.1) is 0 Å². The predicted molar refractivity (Wildman–Crippen MR) is 183 cm³/mol. The first kappa shape index (κ1) is 33.7. The van der Waals surface area contributed by atoms with Gasteiger partial charge in [-0.05, 0) is 102 Å². The van der Waals surface area contributed by atoms with Gasteiger partial charge in [0.1, 0.15) is 12.2 Å². The summed E-state index contributed by atoms with van der Waals surface area (Å²) in [6.07, 6.45) is 2.34. The Hall–Kier alpha value is -4.18. The molecule has 1 aromatic carbocycles. The van der Waals surface area contributed by atoms with Gasteiger partial charge in [0.2, 0.25) is 0 Å². The number of ether oxygens (including phenoxy) is 3. The molecule has 3 aliphatic heterocycles. The molecule has 48 heavy (non-hydrogen) atoms. The van der Waals surface area contributed by atoms with E-state index in [2.05, 4.69) is 52.2 Å². The van der Waals surface area contributed by atoms with E-state index in [1.165, 1.54) is 0 Å². The first-order chi connectivity index (χ1) is 22.9. The Morgan fingerprint density at radius 1 is 1.06 bits per heavy atom. The van der Waals surface area contributed by atoms with Crippen LogP contribution in [0.3, 0.4) is 0 Å². The van der Waals surface area contributed by atoms with Crippen LogP contribution in [0.1, 0.15) is 68.6 Å². The molecule has 2 fully saturated rings. The molecule has 0 aliphatic carbocycles. The molecule has 0 saturated carbocycles. The van der Waals surface area contributed by atoms with Crippen LogP contribution in [0.5, 0.6) is 5.75 Å². The third-order valence-electron chi connectivity index (χ3n) is 9.63. The highest BCUT2D eigenvalue weighted by atomic mass is 16.6. The zero-order valence-corrected chi connectivity index (χ0v) is 29.1. The molecule has 1 amide bonds. The molecule has 3 aromatic rings. The number of likely N-dealkylation sites (tertiary alicyclic amines) is 2. The molecule has 0 N–H and O–H groups in total. The lowest BCUT2D eigenvalue weighted by Gasteiger charge is -2.31. The fourth-order valence-electron chi connectivity index (χ4n) is 7.42. The largest absolute Gasteiger partial charge is 0.490 e. The van der Waals surface area contributed by atoms with Crippen LogP contribution >= 0.6 is 0 Å². The van der Waals surface area contributed by atoms with Crippen LogP contribution in [0, 0.1) is 19.3 Å². The van der Waals surface area contributed by atoms with Gasteiger partial charge < -0.3 is 19.1 Å². The van der Waals surface area contributed by atoms with Gasteiger partial charge in [-0.3, -0.25) is 9.80 Å². The Morgan fingerprint density at radius 2 is 1.83 bits per heavy atom. The maximum Gasteiger partial charge on any atom is 0.416 e. The predicted octanol–water partition coefficient (Wildman–Crippen LogP) is 5.45. The molecular weight excluding hydrogens is 608 g/mol. The summed E-state index contributed by atoms with van der Waals surface area (Å²) in [5.41, 5.74) is 4.76. The molecule has 2 aromatic heterocycles. The van der Waals surface area contributed by atoms with Gasteiger partial charge >= 0.3 is 6.09 Å². The summed E-state index contributed by atoms with van der Waals surface area (Å²) in [4.78, 5) is 36.2. The second-order valence-electron chi connectivity index (χ2n) is 14.6. The number of aryl methyl sites for hydroxylation is 2. The van der Waals surface area contributed by atoms with Crippen LogP contribution in [0.25, 0.3) is 5.69 Å². The van der Waals surface area contributed by atoms with Gasteiger partial charge in [-0.25, -0.2) is 19.3 Å². The van der Waals surface area contributed by atoms with Crippen molar-refractivity contribution < 1.29 is 23.8 Å². The molecule has 0 radical (unpaired) electrons. The number of rotatable bonds is 9. The molecule has 0 bridgehead atoms. The van der Waals surface area contributed by atoms with Crippen molar-refractivity contribution in [2.45, 2.75) is 71.9 Å². The van der Waals surface area contributed by atoms with Gasteiger partial charge in [-0.1, -0.05) is 12.1 Å².